The van der Waals surface area contributed by atoms with Crippen molar-refractivity contribution in [3.05, 3.63) is 47.7 Å². The third kappa shape index (κ3) is 2.88. The molecule has 1 aliphatic heterocycles. The highest BCUT2D eigenvalue weighted by molar-refractivity contribution is 6.07. The van der Waals surface area contributed by atoms with Crippen molar-refractivity contribution in [2.24, 2.45) is 5.73 Å². The van der Waals surface area contributed by atoms with Crippen LogP contribution in [0.25, 0.3) is 0 Å². The zero-order chi connectivity index (χ0) is 14.6. The molecule has 5 nitrogen and oxygen atoms in total. The van der Waals surface area contributed by atoms with Crippen LogP contribution in [0, 0.1) is 0 Å². The fraction of sp³-hybridized carbons (Fsp3) is 0.333. The zero-order valence-electron chi connectivity index (χ0n) is 11.1. The van der Waals surface area contributed by atoms with E-state index in [0.29, 0.717) is 18.4 Å². The van der Waals surface area contributed by atoms with Gasteiger partial charge in [0.2, 0.25) is 5.91 Å². The molecule has 5 heteroatoms. The first kappa shape index (κ1) is 14.3. The molecule has 1 aromatic rings. The average Bonchev–Trinajstić information content (AvgIpc) is 2.69. The number of rotatable bonds is 6. The predicted octanol–water partition coefficient (Wildman–Crippen LogP) is 0.282. The average molecular weight is 274 g/mol. The van der Waals surface area contributed by atoms with Gasteiger partial charge < -0.3 is 16.2 Å². The molecule has 1 amide bonds. The Morgan fingerprint density at radius 3 is 2.60 bits per heavy atom. The molecule has 20 heavy (non-hydrogen) atoms. The summed E-state index contributed by atoms with van der Waals surface area (Å²) in [6.45, 7) is -0.108. The molecule has 0 aliphatic carbocycles. The lowest BCUT2D eigenvalue weighted by molar-refractivity contribution is -0.123. The molecule has 1 heterocycles. The Bertz CT molecular complexity index is 539. The van der Waals surface area contributed by atoms with E-state index in [1.54, 1.807) is 6.20 Å². The Kier molecular flexibility index (Phi) is 4.20. The zero-order valence-corrected chi connectivity index (χ0v) is 11.1. The fourth-order valence-electron chi connectivity index (χ4n) is 2.52. The number of aliphatic hydroxyl groups is 1. The molecule has 4 N–H and O–H groups in total. The normalized spacial score (nSPS) is 21.4. The Hall–Kier alpha value is -2.14. The van der Waals surface area contributed by atoms with Crippen LogP contribution in [-0.2, 0) is 16.0 Å². The third-order valence-electron chi connectivity index (χ3n) is 3.50. The Morgan fingerprint density at radius 2 is 2.00 bits per heavy atom. The lowest BCUT2D eigenvalue weighted by Gasteiger charge is -2.28. The summed E-state index contributed by atoms with van der Waals surface area (Å²) in [5.74, 6) is -0.694. The standard InChI is InChI=1S/C15H18N2O3/c16-13(19)8-12-10-17-15(6-7-18,14(12)20)9-11-4-2-1-3-5-11/h1-5,10,17-18H,6-9H2,(H2,16,19). The van der Waals surface area contributed by atoms with E-state index >= 15 is 0 Å². The van der Waals surface area contributed by atoms with Crippen LogP contribution in [-0.4, -0.2) is 28.9 Å². The van der Waals surface area contributed by atoms with Crippen LogP contribution in [0.4, 0.5) is 0 Å². The monoisotopic (exact) mass is 274 g/mol. The van der Waals surface area contributed by atoms with E-state index in [1.807, 2.05) is 30.3 Å². The summed E-state index contributed by atoms with van der Waals surface area (Å²) in [6, 6.07) is 9.57. The van der Waals surface area contributed by atoms with Gasteiger partial charge in [0, 0.05) is 31.2 Å². The van der Waals surface area contributed by atoms with Crippen LogP contribution in [0.1, 0.15) is 18.4 Å². The summed E-state index contributed by atoms with van der Waals surface area (Å²) in [4.78, 5) is 23.5. The molecule has 0 saturated heterocycles. The molecule has 0 aromatic heterocycles. The minimum absolute atomic E-state index is 0.0756. The Balaban J connectivity index is 2.20. The van der Waals surface area contributed by atoms with Crippen LogP contribution >= 0.6 is 0 Å². The van der Waals surface area contributed by atoms with Gasteiger partial charge in [-0.1, -0.05) is 30.3 Å². The van der Waals surface area contributed by atoms with Gasteiger partial charge in [-0.05, 0) is 5.56 Å². The van der Waals surface area contributed by atoms with E-state index in [0.717, 1.165) is 5.56 Å². The molecule has 0 saturated carbocycles. The third-order valence-corrected chi connectivity index (χ3v) is 3.50. The number of benzene rings is 1. The molecule has 1 unspecified atom stereocenters. The summed E-state index contributed by atoms with van der Waals surface area (Å²) >= 11 is 0. The molecule has 106 valence electrons. The van der Waals surface area contributed by atoms with Gasteiger partial charge in [0.25, 0.3) is 0 Å². The van der Waals surface area contributed by atoms with Crippen molar-refractivity contribution in [3.8, 4) is 0 Å². The number of hydrogen-bond donors (Lipinski definition) is 3. The second kappa shape index (κ2) is 5.88. The Morgan fingerprint density at radius 1 is 1.30 bits per heavy atom. The van der Waals surface area contributed by atoms with Crippen molar-refractivity contribution in [1.82, 2.24) is 5.32 Å². The van der Waals surface area contributed by atoms with E-state index in [9.17, 15) is 14.7 Å². The number of nitrogens with two attached hydrogens (primary N) is 1. The number of amides is 1. The predicted molar refractivity (Wildman–Crippen MR) is 74.6 cm³/mol. The maximum Gasteiger partial charge on any atom is 0.222 e. The van der Waals surface area contributed by atoms with Gasteiger partial charge in [-0.25, -0.2) is 0 Å². The molecule has 0 fully saturated rings. The number of Topliss-reactive ketones (excluding diaryl/α,β-unsaturated/α-hetero) is 1. The van der Waals surface area contributed by atoms with Gasteiger partial charge in [-0.2, -0.15) is 0 Å². The lowest BCUT2D eigenvalue weighted by atomic mass is 9.83. The van der Waals surface area contributed by atoms with E-state index in [2.05, 4.69) is 5.32 Å². The van der Waals surface area contributed by atoms with E-state index in [-0.39, 0.29) is 18.8 Å². The van der Waals surface area contributed by atoms with Gasteiger partial charge in [0.1, 0.15) is 5.54 Å². The number of nitrogens with one attached hydrogen (secondary N) is 1. The minimum Gasteiger partial charge on any atom is -0.396 e. The molecular formula is C15H18N2O3. The summed E-state index contributed by atoms with van der Waals surface area (Å²) in [5.41, 5.74) is 5.64. The minimum atomic E-state index is -0.874. The van der Waals surface area contributed by atoms with Gasteiger partial charge in [0.15, 0.2) is 5.78 Å². The van der Waals surface area contributed by atoms with E-state index < -0.39 is 11.4 Å². The number of carbonyl (C=O) groups is 2. The second-order valence-corrected chi connectivity index (χ2v) is 5.00. The van der Waals surface area contributed by atoms with Crippen LogP contribution in [0.3, 0.4) is 0 Å². The fourth-order valence-corrected chi connectivity index (χ4v) is 2.52. The highest BCUT2D eigenvalue weighted by atomic mass is 16.3. The first-order valence-electron chi connectivity index (χ1n) is 6.52. The van der Waals surface area contributed by atoms with Crippen molar-refractivity contribution in [2.45, 2.75) is 24.8 Å². The van der Waals surface area contributed by atoms with Crippen molar-refractivity contribution in [2.75, 3.05) is 6.61 Å². The largest absolute Gasteiger partial charge is 0.396 e. The van der Waals surface area contributed by atoms with Gasteiger partial charge in [-0.3, -0.25) is 9.59 Å². The Labute approximate surface area is 117 Å². The molecule has 1 aromatic carbocycles. The maximum atomic E-state index is 12.5. The number of ketones is 1. The summed E-state index contributed by atoms with van der Waals surface area (Å²) in [5, 5.41) is 12.3. The first-order chi connectivity index (χ1) is 9.57. The number of aliphatic hydroxyl groups excluding tert-OH is 1. The smallest absolute Gasteiger partial charge is 0.222 e. The molecule has 1 aliphatic rings. The molecule has 0 spiro atoms. The topological polar surface area (TPSA) is 92.4 Å². The van der Waals surface area contributed by atoms with Gasteiger partial charge >= 0.3 is 0 Å². The van der Waals surface area contributed by atoms with Crippen LogP contribution in [0.2, 0.25) is 0 Å². The van der Waals surface area contributed by atoms with Crippen LogP contribution in [0.5, 0.6) is 0 Å². The lowest BCUT2D eigenvalue weighted by Crippen LogP contribution is -2.48. The first-order valence-corrected chi connectivity index (χ1v) is 6.52. The highest BCUT2D eigenvalue weighted by Gasteiger charge is 2.42. The quantitative estimate of drug-likeness (QED) is 0.695. The van der Waals surface area contributed by atoms with E-state index in [4.69, 9.17) is 5.73 Å². The molecule has 2 rings (SSSR count). The number of carbonyl (C=O) groups excluding carboxylic acids is 2. The van der Waals surface area contributed by atoms with Crippen LogP contribution in [0.15, 0.2) is 42.1 Å². The number of hydrogen-bond acceptors (Lipinski definition) is 4. The van der Waals surface area contributed by atoms with Crippen LogP contribution < -0.4 is 11.1 Å². The summed E-state index contributed by atoms with van der Waals surface area (Å²) in [6.07, 6.45) is 2.23. The highest BCUT2D eigenvalue weighted by Crippen LogP contribution is 2.28. The van der Waals surface area contributed by atoms with Crippen molar-refractivity contribution >= 4 is 11.7 Å². The van der Waals surface area contributed by atoms with Crippen molar-refractivity contribution in [3.63, 3.8) is 0 Å². The molecule has 1 atom stereocenters. The van der Waals surface area contributed by atoms with Crippen molar-refractivity contribution < 1.29 is 14.7 Å². The molecule has 0 radical (unpaired) electrons. The molecular weight excluding hydrogens is 256 g/mol. The number of primary amides is 1. The summed E-state index contributed by atoms with van der Waals surface area (Å²) in [7, 11) is 0. The molecule has 0 bridgehead atoms. The maximum absolute atomic E-state index is 12.5. The summed E-state index contributed by atoms with van der Waals surface area (Å²) < 4.78 is 0. The van der Waals surface area contributed by atoms with Gasteiger partial charge in [-0.15, -0.1) is 0 Å². The SMILES string of the molecule is NC(=O)CC1=CNC(CCO)(Cc2ccccc2)C1=O. The van der Waals surface area contributed by atoms with E-state index in [1.165, 1.54) is 0 Å². The van der Waals surface area contributed by atoms with Crippen molar-refractivity contribution in [1.29, 1.82) is 0 Å². The van der Waals surface area contributed by atoms with Gasteiger partial charge in [0.05, 0.1) is 6.42 Å². The second-order valence-electron chi connectivity index (χ2n) is 5.00.